The molecule has 5 nitrogen and oxygen atoms in total. The fourth-order valence-electron chi connectivity index (χ4n) is 2.76. The quantitative estimate of drug-likeness (QED) is 0.504. The molecule has 1 fully saturated rings. The largest absolute Gasteiger partial charge is 0.484 e. The standard InChI is InChI=1S/C18H24ClNO4S/c1-3-4-5-6-17-20(15(12-25-17)18(22)23-2)16(21)11-24-14-9-7-13(19)8-10-14/h7-10,15,17H,3-6,11-12H2,1-2H3/t15-,17-/m0/s1. The molecule has 1 aromatic carbocycles. The van der Waals surface area contributed by atoms with Gasteiger partial charge in [-0.2, -0.15) is 0 Å². The van der Waals surface area contributed by atoms with E-state index >= 15 is 0 Å². The van der Waals surface area contributed by atoms with E-state index < -0.39 is 6.04 Å². The second kappa shape index (κ2) is 9.92. The van der Waals surface area contributed by atoms with E-state index in [1.807, 2.05) is 0 Å². The van der Waals surface area contributed by atoms with Gasteiger partial charge in [-0.15, -0.1) is 11.8 Å². The number of thioether (sulfide) groups is 1. The van der Waals surface area contributed by atoms with E-state index in [0.717, 1.165) is 25.7 Å². The first-order chi connectivity index (χ1) is 12.1. The van der Waals surface area contributed by atoms with E-state index in [-0.39, 0.29) is 23.9 Å². The molecule has 7 heteroatoms. The van der Waals surface area contributed by atoms with Crippen LogP contribution in [-0.2, 0) is 14.3 Å². The second-order valence-corrected chi connectivity index (χ2v) is 7.51. The maximum Gasteiger partial charge on any atom is 0.329 e. The van der Waals surface area contributed by atoms with Gasteiger partial charge >= 0.3 is 5.97 Å². The molecule has 1 heterocycles. The Morgan fingerprint density at radius 1 is 1.28 bits per heavy atom. The van der Waals surface area contributed by atoms with E-state index in [0.29, 0.717) is 16.5 Å². The highest BCUT2D eigenvalue weighted by molar-refractivity contribution is 8.00. The molecular weight excluding hydrogens is 362 g/mol. The van der Waals surface area contributed by atoms with Gasteiger partial charge in [0.1, 0.15) is 11.8 Å². The van der Waals surface area contributed by atoms with Crippen LogP contribution in [0, 0.1) is 0 Å². The minimum atomic E-state index is -0.539. The lowest BCUT2D eigenvalue weighted by Crippen LogP contribution is -2.48. The fourth-order valence-corrected chi connectivity index (χ4v) is 4.34. The summed E-state index contributed by atoms with van der Waals surface area (Å²) in [6.45, 7) is 2.03. The highest BCUT2D eigenvalue weighted by atomic mass is 35.5. The van der Waals surface area contributed by atoms with Crippen LogP contribution in [-0.4, -0.2) is 47.7 Å². The van der Waals surface area contributed by atoms with Crippen LogP contribution in [0.2, 0.25) is 5.02 Å². The number of rotatable bonds is 8. The molecule has 0 unspecified atom stereocenters. The Labute approximate surface area is 158 Å². The van der Waals surface area contributed by atoms with Crippen molar-refractivity contribution in [2.45, 2.75) is 44.0 Å². The molecule has 2 rings (SSSR count). The number of ether oxygens (including phenoxy) is 2. The van der Waals surface area contributed by atoms with E-state index in [2.05, 4.69) is 6.92 Å². The topological polar surface area (TPSA) is 55.8 Å². The normalized spacial score (nSPS) is 19.7. The van der Waals surface area contributed by atoms with Crippen LogP contribution in [0.15, 0.2) is 24.3 Å². The Kier molecular flexibility index (Phi) is 7.90. The van der Waals surface area contributed by atoms with Crippen molar-refractivity contribution in [2.75, 3.05) is 19.5 Å². The smallest absolute Gasteiger partial charge is 0.329 e. The van der Waals surface area contributed by atoms with Crippen molar-refractivity contribution >= 4 is 35.2 Å². The molecule has 1 aliphatic rings. The van der Waals surface area contributed by atoms with Gasteiger partial charge in [-0.25, -0.2) is 4.79 Å². The van der Waals surface area contributed by atoms with Crippen LogP contribution in [0.1, 0.15) is 32.6 Å². The van der Waals surface area contributed by atoms with Gasteiger partial charge in [-0.3, -0.25) is 4.79 Å². The van der Waals surface area contributed by atoms with Gasteiger partial charge in [0, 0.05) is 10.8 Å². The molecule has 0 saturated carbocycles. The minimum absolute atomic E-state index is 0.00281. The predicted molar refractivity (Wildman–Crippen MR) is 100.0 cm³/mol. The third-order valence-electron chi connectivity index (χ3n) is 4.08. The molecule has 0 radical (unpaired) electrons. The summed E-state index contributed by atoms with van der Waals surface area (Å²) in [6.07, 6.45) is 4.14. The third-order valence-corrected chi connectivity index (χ3v) is 5.69. The molecule has 0 N–H and O–H groups in total. The van der Waals surface area contributed by atoms with Crippen molar-refractivity contribution in [2.24, 2.45) is 0 Å². The summed E-state index contributed by atoms with van der Waals surface area (Å²) in [6, 6.07) is 6.30. The minimum Gasteiger partial charge on any atom is -0.484 e. The summed E-state index contributed by atoms with van der Waals surface area (Å²) in [4.78, 5) is 26.4. The zero-order valence-corrected chi connectivity index (χ0v) is 16.1. The molecule has 0 aromatic heterocycles. The first-order valence-electron chi connectivity index (χ1n) is 8.45. The van der Waals surface area contributed by atoms with Crippen molar-refractivity contribution in [3.05, 3.63) is 29.3 Å². The van der Waals surface area contributed by atoms with Crippen molar-refractivity contribution in [3.8, 4) is 5.75 Å². The van der Waals surface area contributed by atoms with Crippen LogP contribution in [0.3, 0.4) is 0 Å². The molecule has 1 aliphatic heterocycles. The van der Waals surface area contributed by atoms with E-state index in [1.54, 1.807) is 40.9 Å². The Morgan fingerprint density at radius 3 is 2.64 bits per heavy atom. The zero-order valence-electron chi connectivity index (χ0n) is 14.6. The lowest BCUT2D eigenvalue weighted by molar-refractivity contribution is -0.152. The summed E-state index contributed by atoms with van der Waals surface area (Å²) in [5, 5.41) is 0.605. The Hall–Kier alpha value is -1.40. The number of esters is 1. The number of unbranched alkanes of at least 4 members (excludes halogenated alkanes) is 2. The molecule has 0 bridgehead atoms. The molecule has 0 spiro atoms. The van der Waals surface area contributed by atoms with E-state index in [4.69, 9.17) is 21.1 Å². The first kappa shape index (κ1) is 19.9. The number of carbonyl (C=O) groups is 2. The molecule has 0 aliphatic carbocycles. The van der Waals surface area contributed by atoms with E-state index in [9.17, 15) is 9.59 Å². The summed E-state index contributed by atoms with van der Waals surface area (Å²) in [5.74, 6) is 0.569. The maximum atomic E-state index is 12.7. The third kappa shape index (κ3) is 5.54. The molecule has 25 heavy (non-hydrogen) atoms. The monoisotopic (exact) mass is 385 g/mol. The lowest BCUT2D eigenvalue weighted by atomic mass is 10.1. The summed E-state index contributed by atoms with van der Waals surface area (Å²) < 4.78 is 10.4. The Morgan fingerprint density at radius 2 is 2.00 bits per heavy atom. The van der Waals surface area contributed by atoms with Crippen molar-refractivity contribution in [3.63, 3.8) is 0 Å². The Balaban J connectivity index is 2.01. The number of hydrogen-bond donors (Lipinski definition) is 0. The summed E-state index contributed by atoms with van der Waals surface area (Å²) in [7, 11) is 1.35. The maximum absolute atomic E-state index is 12.7. The van der Waals surface area contributed by atoms with Gasteiger partial charge < -0.3 is 14.4 Å². The second-order valence-electron chi connectivity index (χ2n) is 5.87. The molecule has 1 amide bonds. The average molecular weight is 386 g/mol. The van der Waals surface area contributed by atoms with Crippen LogP contribution >= 0.6 is 23.4 Å². The van der Waals surface area contributed by atoms with Gasteiger partial charge in [0.25, 0.3) is 5.91 Å². The summed E-state index contributed by atoms with van der Waals surface area (Å²) >= 11 is 7.48. The van der Waals surface area contributed by atoms with Crippen molar-refractivity contribution in [1.82, 2.24) is 4.90 Å². The highest BCUT2D eigenvalue weighted by Crippen LogP contribution is 2.33. The SMILES string of the molecule is CCCCC[C@@H]1SC[C@@H](C(=O)OC)N1C(=O)COc1ccc(Cl)cc1. The van der Waals surface area contributed by atoms with Crippen LogP contribution < -0.4 is 4.74 Å². The molecule has 138 valence electrons. The average Bonchev–Trinajstić information content (AvgIpc) is 3.04. The molecular formula is C18H24ClNO4S. The summed E-state index contributed by atoms with van der Waals surface area (Å²) in [5.41, 5.74) is 0. The highest BCUT2D eigenvalue weighted by Gasteiger charge is 2.41. The number of nitrogens with zero attached hydrogens (tertiary/aromatic N) is 1. The number of benzene rings is 1. The number of methoxy groups -OCH3 is 1. The predicted octanol–water partition coefficient (Wildman–Crippen LogP) is 3.74. The van der Waals surface area contributed by atoms with Gasteiger partial charge in [0.2, 0.25) is 0 Å². The van der Waals surface area contributed by atoms with E-state index in [1.165, 1.54) is 7.11 Å². The van der Waals surface area contributed by atoms with Crippen LogP contribution in [0.5, 0.6) is 5.75 Å². The molecule has 1 aromatic rings. The fraction of sp³-hybridized carbons (Fsp3) is 0.556. The zero-order chi connectivity index (χ0) is 18.2. The van der Waals surface area contributed by atoms with Gasteiger partial charge in [0.05, 0.1) is 12.5 Å². The van der Waals surface area contributed by atoms with Crippen molar-refractivity contribution < 1.29 is 19.1 Å². The van der Waals surface area contributed by atoms with Crippen LogP contribution in [0.25, 0.3) is 0 Å². The Bertz CT molecular complexity index is 581. The van der Waals surface area contributed by atoms with Gasteiger partial charge in [-0.05, 0) is 30.7 Å². The number of amides is 1. The first-order valence-corrected chi connectivity index (χ1v) is 9.88. The van der Waals surface area contributed by atoms with Crippen LogP contribution in [0.4, 0.5) is 0 Å². The van der Waals surface area contributed by atoms with Gasteiger partial charge in [-0.1, -0.05) is 37.8 Å². The van der Waals surface area contributed by atoms with Gasteiger partial charge in [0.15, 0.2) is 6.61 Å². The molecule has 2 atom stereocenters. The molecule has 1 saturated heterocycles. The van der Waals surface area contributed by atoms with Crippen molar-refractivity contribution in [1.29, 1.82) is 0 Å². The lowest BCUT2D eigenvalue weighted by Gasteiger charge is -2.28. The number of halogens is 1. The number of hydrogen-bond acceptors (Lipinski definition) is 5. The number of carbonyl (C=O) groups excluding carboxylic acids is 2.